The Hall–Kier alpha value is -2.70. The fourth-order valence-electron chi connectivity index (χ4n) is 3.40. The summed E-state index contributed by atoms with van der Waals surface area (Å²) in [5.74, 6) is 0.805. The maximum Gasteiger partial charge on any atom is 0.259 e. The van der Waals surface area contributed by atoms with Gasteiger partial charge < -0.3 is 10.2 Å². The van der Waals surface area contributed by atoms with Gasteiger partial charge in [-0.15, -0.1) is 10.2 Å². The zero-order valence-electron chi connectivity index (χ0n) is 15.5. The van der Waals surface area contributed by atoms with Gasteiger partial charge in [0.25, 0.3) is 5.91 Å². The van der Waals surface area contributed by atoms with Gasteiger partial charge in [0.05, 0.1) is 5.69 Å². The largest absolute Gasteiger partial charge is 0.381 e. The second kappa shape index (κ2) is 6.55. The molecule has 0 aromatic carbocycles. The van der Waals surface area contributed by atoms with E-state index in [4.69, 9.17) is 0 Å². The number of nitrogens with one attached hydrogen (secondary N) is 1. The smallest absolute Gasteiger partial charge is 0.259 e. The van der Waals surface area contributed by atoms with Gasteiger partial charge in [0.2, 0.25) is 0 Å². The predicted molar refractivity (Wildman–Crippen MR) is 102 cm³/mol. The minimum atomic E-state index is -0.0102. The molecule has 4 rings (SSSR count). The molecule has 3 aromatic rings. The lowest BCUT2D eigenvalue weighted by Gasteiger charge is -2.22. The van der Waals surface area contributed by atoms with Gasteiger partial charge >= 0.3 is 0 Å². The van der Waals surface area contributed by atoms with Crippen molar-refractivity contribution in [3.63, 3.8) is 0 Å². The summed E-state index contributed by atoms with van der Waals surface area (Å²) in [6, 6.07) is 4.34. The van der Waals surface area contributed by atoms with E-state index < -0.39 is 0 Å². The summed E-state index contributed by atoms with van der Waals surface area (Å²) in [6.07, 6.45) is 4.74. The molecule has 7 nitrogen and oxygen atoms in total. The summed E-state index contributed by atoms with van der Waals surface area (Å²) in [6.45, 7) is 7.34. The normalized spacial score (nSPS) is 14.1. The molecule has 0 unspecified atom stereocenters. The van der Waals surface area contributed by atoms with Crippen molar-refractivity contribution in [1.29, 1.82) is 0 Å². The maximum absolute atomic E-state index is 13.4. The number of aryl methyl sites for hydroxylation is 1. The van der Waals surface area contributed by atoms with E-state index in [9.17, 15) is 4.79 Å². The van der Waals surface area contributed by atoms with E-state index in [1.165, 1.54) is 0 Å². The highest BCUT2D eigenvalue weighted by molar-refractivity contribution is 6.12. The molecule has 26 heavy (non-hydrogen) atoms. The molecule has 1 aliphatic carbocycles. The van der Waals surface area contributed by atoms with Gasteiger partial charge in [0, 0.05) is 37.1 Å². The number of anilines is 1. The van der Waals surface area contributed by atoms with Crippen molar-refractivity contribution < 1.29 is 4.79 Å². The highest BCUT2D eigenvalue weighted by Gasteiger charge is 2.30. The first-order valence-corrected chi connectivity index (χ1v) is 9.40. The Bertz CT molecular complexity index is 971. The highest BCUT2D eigenvalue weighted by atomic mass is 16.2. The average Bonchev–Trinajstić information content (AvgIpc) is 3.38. The molecular formula is C19H24N6O. The van der Waals surface area contributed by atoms with Crippen molar-refractivity contribution in [2.24, 2.45) is 0 Å². The maximum atomic E-state index is 13.4. The molecule has 1 amide bonds. The summed E-state index contributed by atoms with van der Waals surface area (Å²) >= 11 is 0. The van der Waals surface area contributed by atoms with Crippen LogP contribution in [0, 0.1) is 0 Å². The van der Waals surface area contributed by atoms with Gasteiger partial charge in [-0.3, -0.25) is 9.20 Å². The van der Waals surface area contributed by atoms with Crippen molar-refractivity contribution in [3.05, 3.63) is 29.7 Å². The number of pyridine rings is 2. The van der Waals surface area contributed by atoms with Crippen LogP contribution in [0.1, 0.15) is 49.8 Å². The van der Waals surface area contributed by atoms with Crippen LogP contribution in [-0.4, -0.2) is 49.5 Å². The third-order valence-corrected chi connectivity index (χ3v) is 4.98. The highest BCUT2D eigenvalue weighted by Crippen LogP contribution is 2.35. The number of carbonyl (C=O) groups excluding carboxylic acids is 1. The summed E-state index contributed by atoms with van der Waals surface area (Å²) < 4.78 is 1.93. The molecule has 3 heterocycles. The first kappa shape index (κ1) is 16.8. The third-order valence-electron chi connectivity index (χ3n) is 4.98. The monoisotopic (exact) mass is 352 g/mol. The molecule has 7 heteroatoms. The van der Waals surface area contributed by atoms with Crippen LogP contribution in [0.4, 0.5) is 5.69 Å². The minimum absolute atomic E-state index is 0.0102. The van der Waals surface area contributed by atoms with Crippen LogP contribution in [0.15, 0.2) is 18.3 Å². The van der Waals surface area contributed by atoms with E-state index in [0.717, 1.165) is 41.8 Å². The van der Waals surface area contributed by atoms with Crippen molar-refractivity contribution >= 4 is 28.3 Å². The van der Waals surface area contributed by atoms with Crippen LogP contribution in [0.3, 0.4) is 0 Å². The van der Waals surface area contributed by atoms with Crippen molar-refractivity contribution in [3.8, 4) is 0 Å². The molecule has 1 N–H and O–H groups in total. The molecule has 0 radical (unpaired) electrons. The number of hydrogen-bond acceptors (Lipinski definition) is 5. The lowest BCUT2D eigenvalue weighted by Crippen LogP contribution is -2.32. The van der Waals surface area contributed by atoms with Crippen LogP contribution < -0.4 is 5.32 Å². The molecule has 1 fully saturated rings. The Morgan fingerprint density at radius 1 is 1.23 bits per heavy atom. The Kier molecular flexibility index (Phi) is 4.22. The molecule has 1 saturated carbocycles. The number of carbonyl (C=O) groups is 1. The molecule has 0 spiro atoms. The van der Waals surface area contributed by atoms with E-state index in [-0.39, 0.29) is 5.91 Å². The SMILES string of the molecule is CCc1nnc2c(C(=O)N(CC)CC)c(NC3CC3)c3cccnc3n12. The minimum Gasteiger partial charge on any atom is -0.381 e. The van der Waals surface area contributed by atoms with Crippen LogP contribution in [0.5, 0.6) is 0 Å². The van der Waals surface area contributed by atoms with Gasteiger partial charge in [-0.05, 0) is 38.8 Å². The number of aromatic nitrogens is 4. The van der Waals surface area contributed by atoms with Crippen LogP contribution in [0.25, 0.3) is 16.7 Å². The van der Waals surface area contributed by atoms with Crippen molar-refractivity contribution in [1.82, 2.24) is 24.5 Å². The first-order valence-electron chi connectivity index (χ1n) is 9.40. The Morgan fingerprint density at radius 3 is 2.65 bits per heavy atom. The Balaban J connectivity index is 2.08. The standard InChI is InChI=1S/C19H24N6O/c1-4-14-22-23-18-15(19(26)24(5-2)6-3)16(21-12-9-10-12)13-8-7-11-20-17(13)25(14)18/h7-8,11-12,21H,4-6,9-10H2,1-3H3. The van der Waals surface area contributed by atoms with E-state index in [1.54, 1.807) is 6.20 Å². The topological polar surface area (TPSA) is 75.4 Å². The number of nitrogens with zero attached hydrogens (tertiary/aromatic N) is 5. The molecule has 0 saturated heterocycles. The van der Waals surface area contributed by atoms with E-state index in [0.29, 0.717) is 30.3 Å². The number of fused-ring (bicyclic) bond motifs is 3. The van der Waals surface area contributed by atoms with E-state index >= 15 is 0 Å². The molecule has 0 aliphatic heterocycles. The van der Waals surface area contributed by atoms with Gasteiger partial charge in [0.15, 0.2) is 5.65 Å². The Labute approximate surface area is 152 Å². The average molecular weight is 352 g/mol. The summed E-state index contributed by atoms with van der Waals surface area (Å²) in [4.78, 5) is 19.8. The zero-order valence-corrected chi connectivity index (χ0v) is 15.5. The molecule has 0 bridgehead atoms. The van der Waals surface area contributed by atoms with Crippen LogP contribution >= 0.6 is 0 Å². The number of rotatable bonds is 6. The Morgan fingerprint density at radius 2 is 2.00 bits per heavy atom. The molecule has 1 aliphatic rings. The molecule has 3 aromatic heterocycles. The number of amides is 1. The van der Waals surface area contributed by atoms with E-state index in [1.807, 2.05) is 42.2 Å². The van der Waals surface area contributed by atoms with Crippen molar-refractivity contribution in [2.75, 3.05) is 18.4 Å². The lowest BCUT2D eigenvalue weighted by atomic mass is 10.1. The summed E-state index contributed by atoms with van der Waals surface area (Å²) in [5, 5.41) is 13.2. The van der Waals surface area contributed by atoms with Gasteiger partial charge in [0.1, 0.15) is 17.0 Å². The third kappa shape index (κ3) is 2.58. The number of hydrogen-bond donors (Lipinski definition) is 1. The zero-order chi connectivity index (χ0) is 18.3. The second-order valence-electron chi connectivity index (χ2n) is 6.65. The van der Waals surface area contributed by atoms with Gasteiger partial charge in [-0.25, -0.2) is 4.98 Å². The lowest BCUT2D eigenvalue weighted by molar-refractivity contribution is 0.0775. The molecule has 0 atom stereocenters. The first-order chi connectivity index (χ1) is 12.7. The van der Waals surface area contributed by atoms with Crippen LogP contribution in [-0.2, 0) is 6.42 Å². The summed E-state index contributed by atoms with van der Waals surface area (Å²) in [7, 11) is 0. The fraction of sp³-hybridized carbons (Fsp3) is 0.474. The van der Waals surface area contributed by atoms with Gasteiger partial charge in [-0.1, -0.05) is 6.92 Å². The van der Waals surface area contributed by atoms with Crippen LogP contribution in [0.2, 0.25) is 0 Å². The summed E-state index contributed by atoms with van der Waals surface area (Å²) in [5.41, 5.74) is 2.83. The quantitative estimate of drug-likeness (QED) is 0.738. The molecule has 136 valence electrons. The predicted octanol–water partition coefficient (Wildman–Crippen LogP) is 2.90. The second-order valence-corrected chi connectivity index (χ2v) is 6.65. The van der Waals surface area contributed by atoms with Crippen molar-refractivity contribution in [2.45, 2.75) is 46.1 Å². The molecular weight excluding hydrogens is 328 g/mol. The van der Waals surface area contributed by atoms with Gasteiger partial charge in [-0.2, -0.15) is 0 Å². The fourth-order valence-corrected chi connectivity index (χ4v) is 3.40. The van der Waals surface area contributed by atoms with E-state index in [2.05, 4.69) is 20.5 Å².